The first-order valence-corrected chi connectivity index (χ1v) is 9.47. The fraction of sp³-hybridized carbons (Fsp3) is 0.227. The number of hydrogen-bond acceptors (Lipinski definition) is 2. The summed E-state index contributed by atoms with van der Waals surface area (Å²) in [6.07, 6.45) is 1.24. The van der Waals surface area contributed by atoms with Gasteiger partial charge in [-0.2, -0.15) is 0 Å². The van der Waals surface area contributed by atoms with Crippen LogP contribution in [0.15, 0.2) is 76.1 Å². The summed E-state index contributed by atoms with van der Waals surface area (Å²) >= 11 is 0. The van der Waals surface area contributed by atoms with E-state index in [2.05, 4.69) is 10.3 Å². The van der Waals surface area contributed by atoms with Crippen LogP contribution >= 0.6 is 0 Å². The molecule has 0 unspecified atom stereocenters. The zero-order valence-corrected chi connectivity index (χ0v) is 16.5. The fourth-order valence-corrected chi connectivity index (χ4v) is 3.48. The minimum absolute atomic E-state index is 0.0109. The van der Waals surface area contributed by atoms with Crippen LogP contribution in [0.25, 0.3) is 21.8 Å². The topological polar surface area (TPSA) is 79.5 Å². The second-order valence-electron chi connectivity index (χ2n) is 6.75. The van der Waals surface area contributed by atoms with Gasteiger partial charge in [-0.15, -0.1) is 5.11 Å². The minimum atomic E-state index is -1.20. The monoisotopic (exact) mass is 413 g/mol. The molecule has 0 aliphatic heterocycles. The number of aromatic nitrogens is 1. The van der Waals surface area contributed by atoms with Crippen LogP contribution in [0.4, 0.5) is 13.2 Å². The number of nitrogens with two attached hydrogens (primary N) is 1. The van der Waals surface area contributed by atoms with Crippen molar-refractivity contribution >= 4 is 27.6 Å². The first kappa shape index (κ1) is 21.3. The van der Waals surface area contributed by atoms with Gasteiger partial charge in [-0.05, 0) is 48.8 Å². The lowest BCUT2D eigenvalue weighted by molar-refractivity contribution is 0.457. The third kappa shape index (κ3) is 4.27. The van der Waals surface area contributed by atoms with Crippen LogP contribution in [0.5, 0.6) is 0 Å². The molecule has 0 radical (unpaired) electrons. The minimum Gasteiger partial charge on any atom is -0.336 e. The van der Waals surface area contributed by atoms with E-state index in [9.17, 15) is 13.2 Å². The van der Waals surface area contributed by atoms with E-state index in [-0.39, 0.29) is 31.0 Å². The number of para-hydroxylation sites is 1. The number of rotatable bonds is 7. The van der Waals surface area contributed by atoms with Crippen molar-refractivity contribution in [2.75, 3.05) is 6.67 Å². The zero-order valence-electron chi connectivity index (χ0n) is 16.5. The summed E-state index contributed by atoms with van der Waals surface area (Å²) < 4.78 is 42.3. The van der Waals surface area contributed by atoms with E-state index in [0.717, 1.165) is 27.9 Å². The van der Waals surface area contributed by atoms with Gasteiger partial charge in [0.05, 0.1) is 0 Å². The lowest BCUT2D eigenvalue weighted by Gasteiger charge is -2.12. The molecule has 3 N–H and O–H groups in total. The van der Waals surface area contributed by atoms with Crippen LogP contribution in [-0.4, -0.2) is 17.1 Å². The Hall–Kier alpha value is -3.42. The lowest BCUT2D eigenvalue weighted by Crippen LogP contribution is -2.03. The van der Waals surface area contributed by atoms with E-state index in [1.165, 1.54) is 0 Å². The van der Waals surface area contributed by atoms with Gasteiger partial charge < -0.3 is 10.4 Å². The predicted octanol–water partition coefficient (Wildman–Crippen LogP) is 6.29. The number of allylic oxidation sites excluding steroid dienone is 4. The highest BCUT2D eigenvalue weighted by molar-refractivity contribution is 6.11. The van der Waals surface area contributed by atoms with Gasteiger partial charge in [0.25, 0.3) is 0 Å². The Bertz CT molecular complexity index is 1170. The molecule has 30 heavy (non-hydrogen) atoms. The highest BCUT2D eigenvalue weighted by Crippen LogP contribution is 2.32. The SMILES string of the molecule is CC/C(F)=C(\C/C=C(/F)CF)Cn1c2ccccc2c2cc(C(=N)N=NN)ccc21. The molecule has 156 valence electrons. The van der Waals surface area contributed by atoms with Gasteiger partial charge in [0.2, 0.25) is 0 Å². The van der Waals surface area contributed by atoms with Crippen molar-refractivity contribution in [1.29, 1.82) is 5.41 Å². The summed E-state index contributed by atoms with van der Waals surface area (Å²) in [5.74, 6) is 3.73. The van der Waals surface area contributed by atoms with E-state index in [1.54, 1.807) is 13.0 Å². The molecular weight excluding hydrogens is 391 g/mol. The van der Waals surface area contributed by atoms with E-state index in [1.807, 2.05) is 41.0 Å². The van der Waals surface area contributed by atoms with Gasteiger partial charge in [0.15, 0.2) is 5.84 Å². The van der Waals surface area contributed by atoms with E-state index >= 15 is 0 Å². The molecule has 2 aromatic carbocycles. The van der Waals surface area contributed by atoms with Crippen LogP contribution in [0.1, 0.15) is 25.3 Å². The Balaban J connectivity index is 2.15. The Morgan fingerprint density at radius 1 is 1.13 bits per heavy atom. The van der Waals surface area contributed by atoms with Gasteiger partial charge in [-0.25, -0.2) is 13.2 Å². The maximum absolute atomic E-state index is 14.6. The largest absolute Gasteiger partial charge is 0.336 e. The molecule has 0 aliphatic rings. The lowest BCUT2D eigenvalue weighted by atomic mass is 10.1. The van der Waals surface area contributed by atoms with Crippen molar-refractivity contribution in [3.05, 3.63) is 71.3 Å². The van der Waals surface area contributed by atoms with Crippen molar-refractivity contribution in [1.82, 2.24) is 4.57 Å². The van der Waals surface area contributed by atoms with Crippen LogP contribution in [0.2, 0.25) is 0 Å². The fourth-order valence-electron chi connectivity index (χ4n) is 3.48. The number of alkyl halides is 1. The molecule has 0 bridgehead atoms. The zero-order chi connectivity index (χ0) is 21.7. The maximum atomic E-state index is 14.6. The number of benzene rings is 2. The van der Waals surface area contributed by atoms with Crippen LogP contribution in [0.3, 0.4) is 0 Å². The highest BCUT2D eigenvalue weighted by atomic mass is 19.2. The Morgan fingerprint density at radius 2 is 1.87 bits per heavy atom. The summed E-state index contributed by atoms with van der Waals surface area (Å²) in [6.45, 7) is 0.671. The summed E-state index contributed by atoms with van der Waals surface area (Å²) in [4.78, 5) is 0. The third-order valence-corrected chi connectivity index (χ3v) is 4.94. The second-order valence-corrected chi connectivity index (χ2v) is 6.75. The molecular formula is C22H22F3N5. The first-order chi connectivity index (χ1) is 14.5. The Morgan fingerprint density at radius 3 is 2.57 bits per heavy atom. The molecule has 0 saturated carbocycles. The standard InChI is InChI=1S/C22H22F3N5/c1-2-19(25)15(7-9-16(24)12-23)13-30-20-6-4-3-5-17(20)18-11-14(8-10-21(18)30)22(26)28-29-27/h3-6,8-11H,2,7,12-13H2,1H3,(H3,26,27,28)/b16-9+,19-15-. The van der Waals surface area contributed by atoms with Gasteiger partial charge in [-0.3, -0.25) is 5.41 Å². The van der Waals surface area contributed by atoms with E-state index < -0.39 is 12.5 Å². The Labute approximate surface area is 171 Å². The number of amidine groups is 1. The molecule has 3 rings (SSSR count). The van der Waals surface area contributed by atoms with E-state index in [0.29, 0.717) is 11.1 Å². The van der Waals surface area contributed by atoms with Crippen molar-refractivity contribution in [3.8, 4) is 0 Å². The Kier molecular flexibility index (Phi) is 6.66. The van der Waals surface area contributed by atoms with Crippen molar-refractivity contribution in [2.45, 2.75) is 26.3 Å². The van der Waals surface area contributed by atoms with Crippen molar-refractivity contribution < 1.29 is 13.2 Å². The maximum Gasteiger partial charge on any atom is 0.176 e. The molecule has 1 heterocycles. The molecule has 0 saturated heterocycles. The van der Waals surface area contributed by atoms with Gasteiger partial charge >= 0.3 is 0 Å². The summed E-state index contributed by atoms with van der Waals surface area (Å²) in [5, 5.41) is 16.5. The molecule has 0 fully saturated rings. The van der Waals surface area contributed by atoms with Gasteiger partial charge in [0, 0.05) is 33.9 Å². The summed E-state index contributed by atoms with van der Waals surface area (Å²) in [6, 6.07) is 13.0. The predicted molar refractivity (Wildman–Crippen MR) is 114 cm³/mol. The van der Waals surface area contributed by atoms with Gasteiger partial charge in [-0.1, -0.05) is 30.3 Å². The number of nitrogens with zero attached hydrogens (tertiary/aromatic N) is 3. The molecule has 0 atom stereocenters. The quantitative estimate of drug-likeness (QED) is 0.154. The molecule has 8 heteroatoms. The van der Waals surface area contributed by atoms with Crippen molar-refractivity contribution in [2.24, 2.45) is 16.2 Å². The molecule has 0 spiro atoms. The number of fused-ring (bicyclic) bond motifs is 3. The first-order valence-electron chi connectivity index (χ1n) is 9.47. The van der Waals surface area contributed by atoms with Crippen molar-refractivity contribution in [3.63, 3.8) is 0 Å². The summed E-state index contributed by atoms with van der Waals surface area (Å²) in [5.41, 5.74) is 2.63. The second kappa shape index (κ2) is 9.39. The number of halogens is 3. The van der Waals surface area contributed by atoms with Crippen LogP contribution in [0, 0.1) is 5.41 Å². The molecule has 0 amide bonds. The van der Waals surface area contributed by atoms with Crippen LogP contribution in [-0.2, 0) is 6.54 Å². The summed E-state index contributed by atoms with van der Waals surface area (Å²) in [7, 11) is 0. The highest BCUT2D eigenvalue weighted by Gasteiger charge is 2.15. The molecule has 5 nitrogen and oxygen atoms in total. The van der Waals surface area contributed by atoms with Crippen LogP contribution < -0.4 is 5.84 Å². The molecule has 0 aliphatic carbocycles. The smallest absolute Gasteiger partial charge is 0.176 e. The van der Waals surface area contributed by atoms with Gasteiger partial charge in [0.1, 0.15) is 18.3 Å². The normalized spacial score (nSPS) is 13.4. The number of nitrogens with one attached hydrogen (secondary N) is 1. The average Bonchev–Trinajstić information content (AvgIpc) is 3.08. The molecule has 1 aromatic heterocycles. The molecule has 3 aromatic rings. The number of hydrogen-bond donors (Lipinski definition) is 2. The average molecular weight is 413 g/mol. The third-order valence-electron chi connectivity index (χ3n) is 4.94. The van der Waals surface area contributed by atoms with E-state index in [4.69, 9.17) is 11.3 Å².